The van der Waals surface area contributed by atoms with Gasteiger partial charge in [-0.05, 0) is 24.6 Å². The number of nitrogens with zero attached hydrogens (tertiary/aromatic N) is 1. The van der Waals surface area contributed by atoms with Gasteiger partial charge in [0.2, 0.25) is 0 Å². The highest BCUT2D eigenvalue weighted by Gasteiger charge is 2.21. The molecule has 7 nitrogen and oxygen atoms in total. The molecule has 2 aromatic carbocycles. The van der Waals surface area contributed by atoms with Gasteiger partial charge >= 0.3 is 0 Å². The number of methoxy groups -OCH3 is 1. The fraction of sp³-hybridized carbons (Fsp3) is 0.294. The summed E-state index contributed by atoms with van der Waals surface area (Å²) in [5, 5.41) is 11.1. The average Bonchev–Trinajstić information content (AvgIpc) is 2.59. The zero-order valence-electron chi connectivity index (χ0n) is 13.4. The lowest BCUT2D eigenvalue weighted by Crippen LogP contribution is -2.14. The molecule has 1 aliphatic rings. The second-order valence-electron chi connectivity index (χ2n) is 5.40. The SMILES string of the molecule is COc1cc(C)ccc1OCc1cc([N+](=O)[O-])cc2c1OCOC2. The molecule has 2 aromatic rings. The molecule has 7 heteroatoms. The lowest BCUT2D eigenvalue weighted by atomic mass is 10.1. The summed E-state index contributed by atoms with van der Waals surface area (Å²) in [6.45, 7) is 2.48. The van der Waals surface area contributed by atoms with Gasteiger partial charge in [0.05, 0.1) is 18.6 Å². The van der Waals surface area contributed by atoms with E-state index in [0.29, 0.717) is 28.4 Å². The molecule has 126 valence electrons. The monoisotopic (exact) mass is 331 g/mol. The normalized spacial score (nSPS) is 12.9. The highest BCUT2D eigenvalue weighted by atomic mass is 16.7. The Hall–Kier alpha value is -2.80. The van der Waals surface area contributed by atoms with Gasteiger partial charge in [0.1, 0.15) is 12.4 Å². The van der Waals surface area contributed by atoms with Gasteiger partial charge in [0.15, 0.2) is 18.3 Å². The van der Waals surface area contributed by atoms with Gasteiger partial charge < -0.3 is 18.9 Å². The van der Waals surface area contributed by atoms with Crippen molar-refractivity contribution in [3.05, 3.63) is 57.1 Å². The van der Waals surface area contributed by atoms with E-state index in [1.54, 1.807) is 7.11 Å². The van der Waals surface area contributed by atoms with Crippen LogP contribution in [0.1, 0.15) is 16.7 Å². The Kier molecular flexibility index (Phi) is 4.52. The molecule has 0 bridgehead atoms. The van der Waals surface area contributed by atoms with Crippen molar-refractivity contribution in [2.45, 2.75) is 20.1 Å². The summed E-state index contributed by atoms with van der Waals surface area (Å²) in [5.41, 5.74) is 2.28. The standard InChI is InChI=1S/C17H17NO6/c1-11-3-4-15(16(5-11)21-2)23-9-13-7-14(18(19)20)6-12-8-22-10-24-17(12)13/h3-7H,8-10H2,1-2H3. The highest BCUT2D eigenvalue weighted by molar-refractivity contribution is 5.51. The Balaban J connectivity index is 1.89. The predicted octanol–water partition coefficient (Wildman–Crippen LogP) is 3.36. The second kappa shape index (κ2) is 6.76. The topological polar surface area (TPSA) is 80.1 Å². The molecule has 0 radical (unpaired) electrons. The van der Waals surface area contributed by atoms with Gasteiger partial charge in [-0.25, -0.2) is 0 Å². The number of benzene rings is 2. The van der Waals surface area contributed by atoms with Crippen LogP contribution >= 0.6 is 0 Å². The fourth-order valence-electron chi connectivity index (χ4n) is 2.54. The minimum atomic E-state index is -0.440. The molecule has 0 saturated heterocycles. The first-order valence-electron chi connectivity index (χ1n) is 7.36. The van der Waals surface area contributed by atoms with E-state index in [4.69, 9.17) is 18.9 Å². The predicted molar refractivity (Wildman–Crippen MR) is 85.4 cm³/mol. The Morgan fingerprint density at radius 3 is 2.83 bits per heavy atom. The molecule has 1 aliphatic heterocycles. The quantitative estimate of drug-likeness (QED) is 0.617. The lowest BCUT2D eigenvalue weighted by molar-refractivity contribution is -0.385. The van der Waals surface area contributed by atoms with E-state index in [1.807, 2.05) is 25.1 Å². The maximum absolute atomic E-state index is 11.1. The molecule has 0 atom stereocenters. The average molecular weight is 331 g/mol. The van der Waals surface area contributed by atoms with Gasteiger partial charge in [-0.1, -0.05) is 6.07 Å². The summed E-state index contributed by atoms with van der Waals surface area (Å²) in [7, 11) is 1.57. The van der Waals surface area contributed by atoms with Crippen LogP contribution in [-0.4, -0.2) is 18.8 Å². The highest BCUT2D eigenvalue weighted by Crippen LogP contribution is 2.34. The van der Waals surface area contributed by atoms with Crippen molar-refractivity contribution in [3.63, 3.8) is 0 Å². The first kappa shape index (κ1) is 16.1. The van der Waals surface area contributed by atoms with Crippen molar-refractivity contribution >= 4 is 5.69 Å². The van der Waals surface area contributed by atoms with Crippen LogP contribution in [0.3, 0.4) is 0 Å². The van der Waals surface area contributed by atoms with Crippen LogP contribution in [0.2, 0.25) is 0 Å². The molecule has 0 saturated carbocycles. The molecule has 0 unspecified atom stereocenters. The summed E-state index contributed by atoms with van der Waals surface area (Å²) >= 11 is 0. The van der Waals surface area contributed by atoms with Gasteiger partial charge in [-0.3, -0.25) is 10.1 Å². The van der Waals surface area contributed by atoms with E-state index in [-0.39, 0.29) is 25.7 Å². The van der Waals surface area contributed by atoms with Crippen molar-refractivity contribution in [3.8, 4) is 17.2 Å². The summed E-state index contributed by atoms with van der Waals surface area (Å²) in [6.07, 6.45) is 0. The molecule has 0 amide bonds. The first-order chi connectivity index (χ1) is 11.6. The molecule has 3 rings (SSSR count). The van der Waals surface area contributed by atoms with Gasteiger partial charge in [-0.15, -0.1) is 0 Å². The van der Waals surface area contributed by atoms with Gasteiger partial charge in [0, 0.05) is 23.3 Å². The maximum Gasteiger partial charge on any atom is 0.270 e. The van der Waals surface area contributed by atoms with E-state index >= 15 is 0 Å². The van der Waals surface area contributed by atoms with Crippen molar-refractivity contribution in [1.82, 2.24) is 0 Å². The Morgan fingerprint density at radius 1 is 1.25 bits per heavy atom. The number of nitro groups is 1. The van der Waals surface area contributed by atoms with Gasteiger partial charge in [-0.2, -0.15) is 0 Å². The Bertz CT molecular complexity index is 774. The lowest BCUT2D eigenvalue weighted by Gasteiger charge is -2.21. The zero-order chi connectivity index (χ0) is 17.1. The van der Waals surface area contributed by atoms with Crippen molar-refractivity contribution < 1.29 is 23.9 Å². The summed E-state index contributed by atoms with van der Waals surface area (Å²) in [4.78, 5) is 10.7. The van der Waals surface area contributed by atoms with Crippen LogP contribution in [0.25, 0.3) is 0 Å². The summed E-state index contributed by atoms with van der Waals surface area (Å²) in [6, 6.07) is 8.50. The summed E-state index contributed by atoms with van der Waals surface area (Å²) < 4.78 is 21.8. The van der Waals surface area contributed by atoms with Crippen molar-refractivity contribution in [2.75, 3.05) is 13.9 Å². The van der Waals surface area contributed by atoms with Crippen LogP contribution in [0, 0.1) is 17.0 Å². The van der Waals surface area contributed by atoms with E-state index in [1.165, 1.54) is 12.1 Å². The number of hydrogen-bond acceptors (Lipinski definition) is 6. The Morgan fingerprint density at radius 2 is 2.08 bits per heavy atom. The molecular weight excluding hydrogens is 314 g/mol. The van der Waals surface area contributed by atoms with Gasteiger partial charge in [0.25, 0.3) is 5.69 Å². The van der Waals surface area contributed by atoms with Crippen molar-refractivity contribution in [2.24, 2.45) is 0 Å². The fourth-order valence-corrected chi connectivity index (χ4v) is 2.54. The number of non-ortho nitro benzene ring substituents is 1. The van der Waals surface area contributed by atoms with Crippen LogP contribution in [0.4, 0.5) is 5.69 Å². The van der Waals surface area contributed by atoms with Crippen LogP contribution < -0.4 is 14.2 Å². The number of ether oxygens (including phenoxy) is 4. The Labute approximate surface area is 138 Å². The molecule has 0 aromatic heterocycles. The third-order valence-electron chi connectivity index (χ3n) is 3.68. The largest absolute Gasteiger partial charge is 0.493 e. The third kappa shape index (κ3) is 3.26. The van der Waals surface area contributed by atoms with Crippen molar-refractivity contribution in [1.29, 1.82) is 0 Å². The molecule has 0 aliphatic carbocycles. The molecule has 0 fully saturated rings. The number of rotatable bonds is 5. The maximum atomic E-state index is 11.1. The molecule has 24 heavy (non-hydrogen) atoms. The number of hydrogen-bond donors (Lipinski definition) is 0. The number of nitro benzene ring substituents is 1. The first-order valence-corrected chi connectivity index (χ1v) is 7.36. The van der Waals surface area contributed by atoms with E-state index in [2.05, 4.69) is 0 Å². The summed E-state index contributed by atoms with van der Waals surface area (Å²) in [5.74, 6) is 1.76. The minimum absolute atomic E-state index is 0.0164. The van der Waals surface area contributed by atoms with Crippen LogP contribution in [0.15, 0.2) is 30.3 Å². The molecule has 1 heterocycles. The van der Waals surface area contributed by atoms with Crippen LogP contribution in [-0.2, 0) is 18.0 Å². The number of fused-ring (bicyclic) bond motifs is 1. The minimum Gasteiger partial charge on any atom is -0.493 e. The number of aryl methyl sites for hydroxylation is 1. The third-order valence-corrected chi connectivity index (χ3v) is 3.68. The zero-order valence-corrected chi connectivity index (χ0v) is 13.4. The van der Waals surface area contributed by atoms with E-state index in [9.17, 15) is 10.1 Å². The molecule has 0 N–H and O–H groups in total. The van der Waals surface area contributed by atoms with Crippen LogP contribution in [0.5, 0.6) is 17.2 Å². The second-order valence-corrected chi connectivity index (χ2v) is 5.40. The molecule has 0 spiro atoms. The van der Waals surface area contributed by atoms with E-state index in [0.717, 1.165) is 5.56 Å². The molecular formula is C17H17NO6. The van der Waals surface area contributed by atoms with E-state index < -0.39 is 4.92 Å². The smallest absolute Gasteiger partial charge is 0.270 e.